The van der Waals surface area contributed by atoms with Crippen molar-refractivity contribution in [1.29, 1.82) is 0 Å². The minimum Gasteiger partial charge on any atom is -0.478 e. The highest BCUT2D eigenvalue weighted by atomic mass is 79.9. The van der Waals surface area contributed by atoms with Gasteiger partial charge in [-0.3, -0.25) is 0 Å². The number of carboxylic acid groups (broad SMARTS) is 1. The summed E-state index contributed by atoms with van der Waals surface area (Å²) in [6, 6.07) is 3.74. The summed E-state index contributed by atoms with van der Waals surface area (Å²) in [5.41, 5.74) is 1.75. The van der Waals surface area contributed by atoms with Crippen LogP contribution in [0.4, 0.5) is 5.82 Å². The van der Waals surface area contributed by atoms with Crippen molar-refractivity contribution in [1.82, 2.24) is 4.98 Å². The third-order valence-electron chi connectivity index (χ3n) is 2.67. The fraction of sp³-hybridized carbons (Fsp3) is 0.231. The average molecular weight is 341 g/mol. The number of aryl methyl sites for hydroxylation is 2. The van der Waals surface area contributed by atoms with Gasteiger partial charge in [0.05, 0.1) is 6.54 Å². The van der Waals surface area contributed by atoms with E-state index >= 15 is 0 Å². The Labute approximate surface area is 123 Å². The molecule has 0 aliphatic rings. The number of thiophene rings is 1. The zero-order valence-corrected chi connectivity index (χ0v) is 12.9. The molecule has 0 radical (unpaired) electrons. The van der Waals surface area contributed by atoms with Crippen LogP contribution in [0.3, 0.4) is 0 Å². The van der Waals surface area contributed by atoms with Crippen LogP contribution in [0, 0.1) is 13.8 Å². The largest absolute Gasteiger partial charge is 0.478 e. The van der Waals surface area contributed by atoms with Crippen molar-refractivity contribution in [3.05, 3.63) is 43.7 Å². The fourth-order valence-electron chi connectivity index (χ4n) is 1.85. The van der Waals surface area contributed by atoms with Crippen molar-refractivity contribution in [3.8, 4) is 0 Å². The lowest BCUT2D eigenvalue weighted by molar-refractivity contribution is 0.0697. The summed E-state index contributed by atoms with van der Waals surface area (Å²) < 4.78 is 1.02. The summed E-state index contributed by atoms with van der Waals surface area (Å²) in [4.78, 5) is 16.7. The van der Waals surface area contributed by atoms with Crippen LogP contribution in [0.1, 0.15) is 26.5 Å². The Bertz CT molecular complexity index is 625. The summed E-state index contributed by atoms with van der Waals surface area (Å²) in [5, 5.41) is 14.4. The highest BCUT2D eigenvalue weighted by molar-refractivity contribution is 9.10. The first kappa shape index (κ1) is 14.0. The van der Waals surface area contributed by atoms with Crippen molar-refractivity contribution in [3.63, 3.8) is 0 Å². The molecule has 19 heavy (non-hydrogen) atoms. The molecule has 0 saturated carbocycles. The van der Waals surface area contributed by atoms with Crippen molar-refractivity contribution >= 4 is 39.1 Å². The highest BCUT2D eigenvalue weighted by Gasteiger charge is 2.15. The molecular formula is C13H13BrN2O2S. The van der Waals surface area contributed by atoms with E-state index in [0.717, 1.165) is 15.0 Å². The van der Waals surface area contributed by atoms with Gasteiger partial charge in [0.15, 0.2) is 0 Å². The van der Waals surface area contributed by atoms with Gasteiger partial charge in [-0.15, -0.1) is 11.3 Å². The van der Waals surface area contributed by atoms with Gasteiger partial charge in [0, 0.05) is 15.0 Å². The number of hydrogen-bond donors (Lipinski definition) is 2. The monoisotopic (exact) mass is 340 g/mol. The highest BCUT2D eigenvalue weighted by Crippen LogP contribution is 2.25. The number of nitrogens with zero attached hydrogens (tertiary/aromatic N) is 1. The van der Waals surface area contributed by atoms with Crippen LogP contribution >= 0.6 is 27.3 Å². The number of pyridine rings is 1. The van der Waals surface area contributed by atoms with Gasteiger partial charge in [-0.25, -0.2) is 9.78 Å². The lowest BCUT2D eigenvalue weighted by atomic mass is 10.1. The average Bonchev–Trinajstić information content (AvgIpc) is 2.70. The minimum absolute atomic E-state index is 0.235. The molecule has 4 nitrogen and oxygen atoms in total. The van der Waals surface area contributed by atoms with Crippen LogP contribution in [0.5, 0.6) is 0 Å². The van der Waals surface area contributed by atoms with Gasteiger partial charge in [0.1, 0.15) is 11.4 Å². The lowest BCUT2D eigenvalue weighted by Gasteiger charge is -2.11. The molecule has 0 unspecified atom stereocenters. The zero-order valence-electron chi connectivity index (χ0n) is 10.5. The summed E-state index contributed by atoms with van der Waals surface area (Å²) in [5.74, 6) is -0.539. The van der Waals surface area contributed by atoms with Crippen molar-refractivity contribution in [2.75, 3.05) is 5.32 Å². The summed E-state index contributed by atoms with van der Waals surface area (Å²) in [7, 11) is 0. The normalized spacial score (nSPS) is 10.5. The number of carboxylic acids is 1. The quantitative estimate of drug-likeness (QED) is 0.887. The molecule has 0 spiro atoms. The molecule has 0 amide bonds. The standard InChI is InChI=1S/C13H13BrN2O2S/c1-7-5-8(2)16-12(11(7)13(17)18)15-6-10-9(14)3-4-19-10/h3-5H,6H2,1-2H3,(H,15,16)(H,17,18). The number of rotatable bonds is 4. The molecular weight excluding hydrogens is 328 g/mol. The second-order valence-corrected chi connectivity index (χ2v) is 6.01. The van der Waals surface area contributed by atoms with Gasteiger partial charge in [0.2, 0.25) is 0 Å². The SMILES string of the molecule is Cc1cc(C)c(C(=O)O)c(NCc2sccc2Br)n1. The molecule has 0 aliphatic carbocycles. The zero-order chi connectivity index (χ0) is 14.0. The molecule has 0 aromatic carbocycles. The summed E-state index contributed by atoms with van der Waals surface area (Å²) in [6.45, 7) is 4.18. The van der Waals surface area contributed by atoms with Crippen LogP contribution < -0.4 is 5.32 Å². The Morgan fingerprint density at radius 3 is 2.84 bits per heavy atom. The van der Waals surface area contributed by atoms with E-state index in [9.17, 15) is 9.90 Å². The van der Waals surface area contributed by atoms with E-state index in [0.29, 0.717) is 17.9 Å². The van der Waals surface area contributed by atoms with Gasteiger partial charge in [-0.2, -0.15) is 0 Å². The minimum atomic E-state index is -0.960. The molecule has 2 heterocycles. The Balaban J connectivity index is 2.29. The Morgan fingerprint density at radius 2 is 2.26 bits per heavy atom. The van der Waals surface area contributed by atoms with Gasteiger partial charge in [0.25, 0.3) is 0 Å². The predicted octanol–water partition coefficient (Wildman–Crippen LogP) is 3.83. The fourth-order valence-corrected chi connectivity index (χ4v) is 3.28. The number of hydrogen-bond acceptors (Lipinski definition) is 4. The summed E-state index contributed by atoms with van der Waals surface area (Å²) in [6.07, 6.45) is 0. The van der Waals surface area contributed by atoms with E-state index in [1.165, 1.54) is 0 Å². The molecule has 0 atom stereocenters. The third-order valence-corrected chi connectivity index (χ3v) is 4.59. The molecule has 0 bridgehead atoms. The molecule has 2 aromatic heterocycles. The Hall–Kier alpha value is -1.40. The van der Waals surface area contributed by atoms with E-state index in [1.54, 1.807) is 24.3 Å². The number of aromatic nitrogens is 1. The molecule has 2 N–H and O–H groups in total. The van der Waals surface area contributed by atoms with Crippen LogP contribution in [0.25, 0.3) is 0 Å². The first-order valence-corrected chi connectivity index (χ1v) is 7.33. The van der Waals surface area contributed by atoms with E-state index in [1.807, 2.05) is 18.4 Å². The maximum Gasteiger partial charge on any atom is 0.339 e. The van der Waals surface area contributed by atoms with E-state index in [2.05, 4.69) is 26.2 Å². The molecule has 6 heteroatoms. The third kappa shape index (κ3) is 3.13. The Morgan fingerprint density at radius 1 is 1.53 bits per heavy atom. The lowest BCUT2D eigenvalue weighted by Crippen LogP contribution is -2.10. The topological polar surface area (TPSA) is 62.2 Å². The summed E-state index contributed by atoms with van der Waals surface area (Å²) >= 11 is 5.06. The van der Waals surface area contributed by atoms with Gasteiger partial charge in [-0.05, 0) is 52.9 Å². The number of carbonyl (C=O) groups is 1. The molecule has 2 aromatic rings. The maximum atomic E-state index is 11.3. The van der Waals surface area contributed by atoms with Crippen LogP contribution in [-0.2, 0) is 6.54 Å². The number of anilines is 1. The Kier molecular flexibility index (Phi) is 4.21. The number of aromatic carboxylic acids is 1. The van der Waals surface area contributed by atoms with Gasteiger partial charge < -0.3 is 10.4 Å². The van der Waals surface area contributed by atoms with E-state index in [4.69, 9.17) is 0 Å². The molecule has 2 rings (SSSR count). The molecule has 0 fully saturated rings. The molecule has 0 saturated heterocycles. The first-order valence-electron chi connectivity index (χ1n) is 5.66. The predicted molar refractivity (Wildman–Crippen MR) is 80.0 cm³/mol. The van der Waals surface area contributed by atoms with E-state index < -0.39 is 5.97 Å². The van der Waals surface area contributed by atoms with Crippen LogP contribution in [0.2, 0.25) is 0 Å². The number of nitrogens with one attached hydrogen (secondary N) is 1. The maximum absolute atomic E-state index is 11.3. The van der Waals surface area contributed by atoms with Crippen LogP contribution in [0.15, 0.2) is 22.0 Å². The van der Waals surface area contributed by atoms with Crippen molar-refractivity contribution in [2.45, 2.75) is 20.4 Å². The second kappa shape index (κ2) is 5.71. The van der Waals surface area contributed by atoms with Gasteiger partial charge >= 0.3 is 5.97 Å². The van der Waals surface area contributed by atoms with E-state index in [-0.39, 0.29) is 5.56 Å². The molecule has 100 valence electrons. The van der Waals surface area contributed by atoms with Crippen LogP contribution in [-0.4, -0.2) is 16.1 Å². The number of halogens is 1. The van der Waals surface area contributed by atoms with Crippen molar-refractivity contribution < 1.29 is 9.90 Å². The molecule has 0 aliphatic heterocycles. The van der Waals surface area contributed by atoms with Crippen molar-refractivity contribution in [2.24, 2.45) is 0 Å². The second-order valence-electron chi connectivity index (χ2n) is 4.15. The smallest absolute Gasteiger partial charge is 0.339 e. The van der Waals surface area contributed by atoms with Gasteiger partial charge in [-0.1, -0.05) is 0 Å². The first-order chi connectivity index (χ1) is 8.99.